The van der Waals surface area contributed by atoms with Gasteiger partial charge in [-0.25, -0.2) is 4.79 Å². The zero-order valence-electron chi connectivity index (χ0n) is 13.7. The number of carbonyl (C=O) groups is 3. The van der Waals surface area contributed by atoms with E-state index in [-0.39, 0.29) is 22.6 Å². The Balaban J connectivity index is 1.39. The van der Waals surface area contributed by atoms with Crippen molar-refractivity contribution in [1.29, 1.82) is 0 Å². The molecule has 2 fully saturated rings. The number of ether oxygens (including phenoxy) is 2. The van der Waals surface area contributed by atoms with Gasteiger partial charge in [0.05, 0.1) is 42.5 Å². The Morgan fingerprint density at radius 3 is 2.28 bits per heavy atom. The predicted octanol–water partition coefficient (Wildman–Crippen LogP) is 1.72. The molecule has 7 heteroatoms. The fraction of sp³-hybridized carbons (Fsp3) is 0.500. The van der Waals surface area contributed by atoms with Crippen LogP contribution in [0, 0.1) is 5.92 Å². The molecule has 0 radical (unpaired) electrons. The summed E-state index contributed by atoms with van der Waals surface area (Å²) < 4.78 is 11.3. The molecule has 7 nitrogen and oxygen atoms in total. The van der Waals surface area contributed by atoms with E-state index in [1.807, 2.05) is 0 Å². The maximum atomic E-state index is 12.4. The van der Waals surface area contributed by atoms with E-state index in [1.54, 1.807) is 24.3 Å². The normalized spacial score (nSPS) is 29.0. The van der Waals surface area contributed by atoms with Crippen LogP contribution in [0.1, 0.15) is 46.4 Å². The van der Waals surface area contributed by atoms with Crippen LogP contribution in [-0.4, -0.2) is 48.3 Å². The highest BCUT2D eigenvalue weighted by atomic mass is 16.7. The Hall–Kier alpha value is -2.25. The van der Waals surface area contributed by atoms with Crippen LogP contribution in [0.5, 0.6) is 0 Å². The first-order chi connectivity index (χ1) is 12.1. The summed E-state index contributed by atoms with van der Waals surface area (Å²) in [4.78, 5) is 42.1. The molecule has 4 rings (SSSR count). The van der Waals surface area contributed by atoms with E-state index in [0.29, 0.717) is 50.6 Å². The number of carbonyl (C=O) groups excluding carboxylic acids is 3. The van der Waals surface area contributed by atoms with Crippen molar-refractivity contribution in [3.63, 3.8) is 0 Å². The summed E-state index contributed by atoms with van der Waals surface area (Å²) in [7, 11) is 0. The predicted molar refractivity (Wildman–Crippen MR) is 84.5 cm³/mol. The molecule has 0 atom stereocenters. The molecule has 1 aliphatic carbocycles. The van der Waals surface area contributed by atoms with Gasteiger partial charge in [0, 0.05) is 0 Å². The van der Waals surface area contributed by atoms with Gasteiger partial charge in [-0.15, -0.1) is 0 Å². The summed E-state index contributed by atoms with van der Waals surface area (Å²) in [6.07, 6.45) is 2.58. The van der Waals surface area contributed by atoms with Crippen LogP contribution in [0.2, 0.25) is 0 Å². The van der Waals surface area contributed by atoms with Crippen LogP contribution in [0.3, 0.4) is 0 Å². The van der Waals surface area contributed by atoms with Gasteiger partial charge in [0.25, 0.3) is 11.8 Å². The number of hydroxylamine groups is 2. The third-order valence-electron chi connectivity index (χ3n) is 5.17. The van der Waals surface area contributed by atoms with Gasteiger partial charge in [0.15, 0.2) is 0 Å². The number of imide groups is 1. The van der Waals surface area contributed by atoms with Crippen molar-refractivity contribution in [2.45, 2.75) is 31.3 Å². The van der Waals surface area contributed by atoms with E-state index < -0.39 is 17.8 Å². The molecule has 0 bridgehead atoms. The van der Waals surface area contributed by atoms with Gasteiger partial charge in [-0.3, -0.25) is 9.59 Å². The van der Waals surface area contributed by atoms with Crippen LogP contribution in [0.4, 0.5) is 0 Å². The lowest BCUT2D eigenvalue weighted by Gasteiger charge is -2.41. The Labute approximate surface area is 144 Å². The standard InChI is InChI=1S/C18H19NO6/c20-15-13-3-1-2-4-14(13)16(21)19(15)25-17(22)12-5-7-18(8-6-12)11-23-9-10-24-18/h1-4,12H,5-11H2. The number of hydrogen-bond donors (Lipinski definition) is 0. The third kappa shape index (κ3) is 2.83. The molecule has 0 aromatic heterocycles. The quantitative estimate of drug-likeness (QED) is 0.759. The number of nitrogens with zero attached hydrogens (tertiary/aromatic N) is 1. The van der Waals surface area contributed by atoms with Crippen molar-refractivity contribution in [3.05, 3.63) is 35.4 Å². The number of amides is 2. The minimum atomic E-state index is -0.592. The smallest absolute Gasteiger partial charge is 0.336 e. The summed E-state index contributed by atoms with van der Waals surface area (Å²) in [6.45, 7) is 1.73. The molecule has 2 heterocycles. The lowest BCUT2D eigenvalue weighted by Crippen LogP contribution is -2.47. The summed E-state index contributed by atoms with van der Waals surface area (Å²) in [5, 5.41) is 0.581. The molecule has 1 aromatic rings. The Morgan fingerprint density at radius 2 is 1.72 bits per heavy atom. The molecular formula is C18H19NO6. The molecule has 2 aliphatic heterocycles. The third-order valence-corrected chi connectivity index (χ3v) is 5.17. The van der Waals surface area contributed by atoms with Crippen molar-refractivity contribution in [2.75, 3.05) is 19.8 Å². The van der Waals surface area contributed by atoms with Crippen molar-refractivity contribution in [1.82, 2.24) is 5.06 Å². The van der Waals surface area contributed by atoms with Gasteiger partial charge in [-0.2, -0.15) is 0 Å². The first-order valence-corrected chi connectivity index (χ1v) is 8.51. The zero-order valence-corrected chi connectivity index (χ0v) is 13.7. The summed E-state index contributed by atoms with van der Waals surface area (Å²) >= 11 is 0. The number of benzene rings is 1. The monoisotopic (exact) mass is 345 g/mol. The highest BCUT2D eigenvalue weighted by molar-refractivity contribution is 6.20. The minimum Gasteiger partial charge on any atom is -0.376 e. The number of rotatable bonds is 2. The fourth-order valence-electron chi connectivity index (χ4n) is 3.70. The molecule has 1 aromatic carbocycles. The van der Waals surface area contributed by atoms with Crippen LogP contribution in [0.25, 0.3) is 0 Å². The fourth-order valence-corrected chi connectivity index (χ4v) is 3.70. The lowest BCUT2D eigenvalue weighted by atomic mass is 9.79. The molecule has 132 valence electrons. The second-order valence-electron chi connectivity index (χ2n) is 6.72. The van der Waals surface area contributed by atoms with E-state index in [2.05, 4.69) is 0 Å². The van der Waals surface area contributed by atoms with Crippen LogP contribution < -0.4 is 0 Å². The van der Waals surface area contributed by atoms with Gasteiger partial charge < -0.3 is 14.3 Å². The van der Waals surface area contributed by atoms with Gasteiger partial charge in [0.1, 0.15) is 0 Å². The first kappa shape index (κ1) is 16.2. The molecule has 0 N–H and O–H groups in total. The molecular weight excluding hydrogens is 326 g/mol. The van der Waals surface area contributed by atoms with Gasteiger partial charge >= 0.3 is 5.97 Å². The molecule has 25 heavy (non-hydrogen) atoms. The van der Waals surface area contributed by atoms with Crippen molar-refractivity contribution >= 4 is 17.8 Å². The molecule has 1 saturated heterocycles. The molecule has 1 spiro atoms. The summed E-state index contributed by atoms with van der Waals surface area (Å²) in [5.41, 5.74) is 0.219. The molecule has 1 saturated carbocycles. The van der Waals surface area contributed by atoms with E-state index in [9.17, 15) is 14.4 Å². The Bertz CT molecular complexity index is 679. The summed E-state index contributed by atoms with van der Waals surface area (Å²) in [5.74, 6) is -2.07. The second-order valence-corrected chi connectivity index (χ2v) is 6.72. The van der Waals surface area contributed by atoms with E-state index in [0.717, 1.165) is 0 Å². The highest BCUT2D eigenvalue weighted by Gasteiger charge is 2.43. The van der Waals surface area contributed by atoms with Crippen molar-refractivity contribution in [2.24, 2.45) is 5.92 Å². The van der Waals surface area contributed by atoms with Gasteiger partial charge in [-0.1, -0.05) is 17.2 Å². The Morgan fingerprint density at radius 1 is 1.08 bits per heavy atom. The van der Waals surface area contributed by atoms with Gasteiger partial charge in [0.2, 0.25) is 0 Å². The molecule has 2 amide bonds. The second kappa shape index (κ2) is 6.24. The van der Waals surface area contributed by atoms with Gasteiger partial charge in [-0.05, 0) is 37.8 Å². The molecule has 3 aliphatic rings. The van der Waals surface area contributed by atoms with Crippen molar-refractivity contribution in [3.8, 4) is 0 Å². The highest BCUT2D eigenvalue weighted by Crippen LogP contribution is 2.37. The minimum absolute atomic E-state index is 0.260. The number of hydrogen-bond acceptors (Lipinski definition) is 6. The molecule has 0 unspecified atom stereocenters. The largest absolute Gasteiger partial charge is 0.376 e. The van der Waals surface area contributed by atoms with Crippen LogP contribution in [0.15, 0.2) is 24.3 Å². The SMILES string of the molecule is O=C(ON1C(=O)c2ccccc2C1=O)C1CCC2(CC1)COCCO2. The van der Waals surface area contributed by atoms with E-state index >= 15 is 0 Å². The van der Waals surface area contributed by atoms with Crippen LogP contribution in [-0.2, 0) is 19.1 Å². The zero-order chi connectivity index (χ0) is 17.4. The number of fused-ring (bicyclic) bond motifs is 1. The average Bonchev–Trinajstić information content (AvgIpc) is 2.88. The Kier molecular flexibility index (Phi) is 4.05. The van der Waals surface area contributed by atoms with E-state index in [4.69, 9.17) is 14.3 Å². The lowest BCUT2D eigenvalue weighted by molar-refractivity contribution is -0.189. The average molecular weight is 345 g/mol. The van der Waals surface area contributed by atoms with Crippen LogP contribution >= 0.6 is 0 Å². The van der Waals surface area contributed by atoms with E-state index in [1.165, 1.54) is 0 Å². The topological polar surface area (TPSA) is 82.1 Å². The maximum absolute atomic E-state index is 12.4. The first-order valence-electron chi connectivity index (χ1n) is 8.51. The maximum Gasteiger partial charge on any atom is 0.336 e. The van der Waals surface area contributed by atoms with Crippen molar-refractivity contribution < 1.29 is 28.7 Å². The summed E-state index contributed by atoms with van der Waals surface area (Å²) in [6, 6.07) is 6.44.